The summed E-state index contributed by atoms with van der Waals surface area (Å²) in [5, 5.41) is 3.56. The Kier molecular flexibility index (Phi) is 10.7. The third kappa shape index (κ3) is 11.0. The minimum atomic E-state index is 0.734. The van der Waals surface area contributed by atoms with Crippen LogP contribution in [0.1, 0.15) is 34.1 Å². The summed E-state index contributed by atoms with van der Waals surface area (Å²) >= 11 is 0. The number of rotatable bonds is 11. The van der Waals surface area contributed by atoms with Crippen molar-refractivity contribution in [2.24, 2.45) is 11.8 Å². The van der Waals surface area contributed by atoms with Gasteiger partial charge in [-0.15, -0.1) is 0 Å². The molecular formula is C15H35N3. The van der Waals surface area contributed by atoms with E-state index in [-0.39, 0.29) is 0 Å². The number of hydrogen-bond acceptors (Lipinski definition) is 3. The van der Waals surface area contributed by atoms with Crippen LogP contribution in [0.4, 0.5) is 0 Å². The first-order valence-electron chi connectivity index (χ1n) is 7.53. The second-order valence-corrected chi connectivity index (χ2v) is 6.26. The highest BCUT2D eigenvalue weighted by Gasteiger charge is 2.09. The lowest BCUT2D eigenvalue weighted by atomic mass is 10.1. The summed E-state index contributed by atoms with van der Waals surface area (Å²) in [6.45, 7) is 16.2. The van der Waals surface area contributed by atoms with Crippen LogP contribution in [-0.2, 0) is 0 Å². The Balaban J connectivity index is 3.83. The monoisotopic (exact) mass is 257 g/mol. The van der Waals surface area contributed by atoms with Crippen LogP contribution in [0, 0.1) is 11.8 Å². The van der Waals surface area contributed by atoms with Gasteiger partial charge in [0.05, 0.1) is 0 Å². The molecule has 0 saturated carbocycles. The first-order chi connectivity index (χ1) is 8.45. The number of nitrogens with one attached hydrogen (secondary N) is 1. The lowest BCUT2D eigenvalue weighted by Crippen LogP contribution is -2.38. The maximum Gasteiger partial charge on any atom is 0.0109 e. The minimum Gasteiger partial charge on any atom is -0.316 e. The van der Waals surface area contributed by atoms with E-state index in [2.05, 4.69) is 56.9 Å². The molecule has 3 heteroatoms. The van der Waals surface area contributed by atoms with Gasteiger partial charge >= 0.3 is 0 Å². The van der Waals surface area contributed by atoms with Crippen LogP contribution in [-0.4, -0.2) is 63.2 Å². The lowest BCUT2D eigenvalue weighted by Gasteiger charge is -2.27. The molecule has 0 aromatic carbocycles. The van der Waals surface area contributed by atoms with Gasteiger partial charge in [0.25, 0.3) is 0 Å². The van der Waals surface area contributed by atoms with Crippen LogP contribution in [0.5, 0.6) is 0 Å². The molecule has 0 heterocycles. The molecule has 0 fully saturated rings. The van der Waals surface area contributed by atoms with Crippen LogP contribution in [0.25, 0.3) is 0 Å². The van der Waals surface area contributed by atoms with Crippen LogP contribution in [0.15, 0.2) is 0 Å². The Hall–Kier alpha value is -0.120. The van der Waals surface area contributed by atoms with Gasteiger partial charge in [0.15, 0.2) is 0 Å². The van der Waals surface area contributed by atoms with Gasteiger partial charge in [0.1, 0.15) is 0 Å². The van der Waals surface area contributed by atoms with E-state index in [0.29, 0.717) is 0 Å². The molecule has 110 valence electrons. The Morgan fingerprint density at radius 2 is 1.61 bits per heavy atom. The van der Waals surface area contributed by atoms with Gasteiger partial charge in [-0.1, -0.05) is 27.7 Å². The molecule has 3 nitrogen and oxygen atoms in total. The van der Waals surface area contributed by atoms with Crippen molar-refractivity contribution in [2.45, 2.75) is 34.1 Å². The van der Waals surface area contributed by atoms with Crippen molar-refractivity contribution in [1.82, 2.24) is 15.1 Å². The van der Waals surface area contributed by atoms with Crippen molar-refractivity contribution in [3.8, 4) is 0 Å². The smallest absolute Gasteiger partial charge is 0.0109 e. The summed E-state index contributed by atoms with van der Waals surface area (Å²) in [6.07, 6.45) is 1.25. The first-order valence-corrected chi connectivity index (χ1v) is 7.53. The molecule has 0 aliphatic rings. The topological polar surface area (TPSA) is 18.5 Å². The molecule has 0 bridgehead atoms. The van der Waals surface area contributed by atoms with Gasteiger partial charge < -0.3 is 15.1 Å². The maximum absolute atomic E-state index is 3.56. The molecule has 1 N–H and O–H groups in total. The van der Waals surface area contributed by atoms with E-state index in [4.69, 9.17) is 0 Å². The fourth-order valence-corrected chi connectivity index (χ4v) is 2.08. The summed E-state index contributed by atoms with van der Waals surface area (Å²) in [5.74, 6) is 1.48. The van der Waals surface area contributed by atoms with Crippen molar-refractivity contribution in [3.05, 3.63) is 0 Å². The summed E-state index contributed by atoms with van der Waals surface area (Å²) in [7, 11) is 4.30. The average Bonchev–Trinajstić information content (AvgIpc) is 2.25. The van der Waals surface area contributed by atoms with E-state index in [9.17, 15) is 0 Å². The zero-order valence-corrected chi connectivity index (χ0v) is 13.5. The Labute approximate surface area is 115 Å². The first kappa shape index (κ1) is 17.9. The fraction of sp³-hybridized carbons (Fsp3) is 1.00. The van der Waals surface area contributed by atoms with E-state index in [1.165, 1.54) is 26.1 Å². The van der Waals surface area contributed by atoms with Crippen molar-refractivity contribution >= 4 is 0 Å². The molecule has 0 aliphatic heterocycles. The molecule has 1 atom stereocenters. The van der Waals surface area contributed by atoms with Crippen LogP contribution >= 0.6 is 0 Å². The molecule has 18 heavy (non-hydrogen) atoms. The normalized spacial score (nSPS) is 13.8. The van der Waals surface area contributed by atoms with Gasteiger partial charge in [0, 0.05) is 19.6 Å². The van der Waals surface area contributed by atoms with Gasteiger partial charge in [-0.25, -0.2) is 0 Å². The third-order valence-electron chi connectivity index (χ3n) is 3.02. The van der Waals surface area contributed by atoms with E-state index < -0.39 is 0 Å². The minimum absolute atomic E-state index is 0.734. The molecule has 0 aromatic heterocycles. The van der Waals surface area contributed by atoms with E-state index >= 15 is 0 Å². The quantitative estimate of drug-likeness (QED) is 0.612. The Morgan fingerprint density at radius 1 is 0.944 bits per heavy atom. The molecule has 0 saturated heterocycles. The highest BCUT2D eigenvalue weighted by Crippen LogP contribution is 2.01. The Morgan fingerprint density at radius 3 is 2.11 bits per heavy atom. The van der Waals surface area contributed by atoms with Crippen LogP contribution in [0.2, 0.25) is 0 Å². The lowest BCUT2D eigenvalue weighted by molar-refractivity contribution is 0.211. The number of likely N-dealkylation sites (N-methyl/N-ethyl adjacent to an activating group) is 1. The standard InChI is InChI=1S/C15H35N3/c1-7-8-18(10-9-17(5)6)13-15(4)12-16-11-14(2)3/h14-16H,7-13H2,1-6H3. The predicted octanol–water partition coefficient (Wildman–Crippen LogP) is 2.14. The highest BCUT2D eigenvalue weighted by molar-refractivity contribution is 4.66. The SMILES string of the molecule is CCCN(CCN(C)C)CC(C)CNCC(C)C. The fourth-order valence-electron chi connectivity index (χ4n) is 2.08. The van der Waals surface area contributed by atoms with Gasteiger partial charge in [-0.05, 0) is 52.0 Å². The van der Waals surface area contributed by atoms with Crippen molar-refractivity contribution < 1.29 is 0 Å². The molecule has 0 aromatic rings. The zero-order valence-electron chi connectivity index (χ0n) is 13.5. The summed E-state index contributed by atoms with van der Waals surface area (Å²) < 4.78 is 0. The van der Waals surface area contributed by atoms with Crippen LogP contribution < -0.4 is 5.32 Å². The van der Waals surface area contributed by atoms with Gasteiger partial charge in [-0.3, -0.25) is 0 Å². The van der Waals surface area contributed by atoms with Crippen molar-refractivity contribution in [1.29, 1.82) is 0 Å². The summed E-state index contributed by atoms with van der Waals surface area (Å²) in [4.78, 5) is 4.87. The van der Waals surface area contributed by atoms with E-state index in [1.807, 2.05) is 0 Å². The second kappa shape index (κ2) is 10.8. The largest absolute Gasteiger partial charge is 0.316 e. The second-order valence-electron chi connectivity index (χ2n) is 6.26. The molecule has 0 radical (unpaired) electrons. The zero-order chi connectivity index (χ0) is 14.0. The molecule has 0 aliphatic carbocycles. The van der Waals surface area contributed by atoms with Crippen LogP contribution in [0.3, 0.4) is 0 Å². The Bertz CT molecular complexity index is 181. The number of hydrogen-bond donors (Lipinski definition) is 1. The molecule has 0 spiro atoms. The third-order valence-corrected chi connectivity index (χ3v) is 3.02. The van der Waals surface area contributed by atoms with Gasteiger partial charge in [-0.2, -0.15) is 0 Å². The maximum atomic E-state index is 3.56. The highest BCUT2D eigenvalue weighted by atomic mass is 15.2. The molecular weight excluding hydrogens is 222 g/mol. The summed E-state index contributed by atoms with van der Waals surface area (Å²) in [6, 6.07) is 0. The molecule has 0 rings (SSSR count). The van der Waals surface area contributed by atoms with E-state index in [0.717, 1.165) is 31.5 Å². The molecule has 0 amide bonds. The van der Waals surface area contributed by atoms with Gasteiger partial charge in [0.2, 0.25) is 0 Å². The van der Waals surface area contributed by atoms with E-state index in [1.54, 1.807) is 0 Å². The van der Waals surface area contributed by atoms with Crippen molar-refractivity contribution in [3.63, 3.8) is 0 Å². The predicted molar refractivity (Wildman–Crippen MR) is 82.2 cm³/mol. The molecule has 1 unspecified atom stereocenters. The number of nitrogens with zero attached hydrogens (tertiary/aromatic N) is 2. The van der Waals surface area contributed by atoms with Crippen molar-refractivity contribution in [2.75, 3.05) is 53.4 Å². The average molecular weight is 257 g/mol. The summed E-state index contributed by atoms with van der Waals surface area (Å²) in [5.41, 5.74) is 0.